The van der Waals surface area contributed by atoms with Crippen LogP contribution in [0.5, 0.6) is 0 Å². The minimum absolute atomic E-state index is 0.114. The van der Waals surface area contributed by atoms with Crippen LogP contribution in [0.15, 0.2) is 36.0 Å². The summed E-state index contributed by atoms with van der Waals surface area (Å²) in [5.74, 6) is -1.38. The number of hydrogen-bond donors (Lipinski definition) is 2. The molecule has 1 aliphatic heterocycles. The average Bonchev–Trinajstić information content (AvgIpc) is 2.85. The van der Waals surface area contributed by atoms with E-state index in [2.05, 4.69) is 5.43 Å². The molecule has 1 amide bonds. The first-order valence-corrected chi connectivity index (χ1v) is 7.21. The van der Waals surface area contributed by atoms with Gasteiger partial charge in [0.2, 0.25) is 0 Å². The van der Waals surface area contributed by atoms with Crippen LogP contribution in [0, 0.1) is 6.92 Å². The Morgan fingerprint density at radius 3 is 2.68 bits per heavy atom. The Kier molecular flexibility index (Phi) is 4.51. The van der Waals surface area contributed by atoms with Gasteiger partial charge in [-0.1, -0.05) is 24.6 Å². The third-order valence-electron chi connectivity index (χ3n) is 3.40. The molecule has 0 aliphatic carbocycles. The third kappa shape index (κ3) is 2.82. The molecule has 1 aliphatic rings. The second-order valence-corrected chi connectivity index (χ2v) is 5.09. The van der Waals surface area contributed by atoms with E-state index in [1.807, 2.05) is 19.9 Å². The maximum atomic E-state index is 12.6. The first-order chi connectivity index (χ1) is 10.4. The van der Waals surface area contributed by atoms with E-state index in [1.165, 1.54) is 6.08 Å². The number of allylic oxidation sites excluding steroid dienone is 1. The van der Waals surface area contributed by atoms with Crippen LogP contribution in [0.3, 0.4) is 0 Å². The first-order valence-electron chi connectivity index (χ1n) is 7.21. The number of carbonyl (C=O) groups is 2. The largest absolute Gasteiger partial charge is 0.462 e. The van der Waals surface area contributed by atoms with Crippen LogP contribution in [0.1, 0.15) is 36.2 Å². The van der Waals surface area contributed by atoms with Gasteiger partial charge in [-0.3, -0.25) is 10.2 Å². The fourth-order valence-corrected chi connectivity index (χ4v) is 2.25. The van der Waals surface area contributed by atoms with Crippen LogP contribution >= 0.6 is 0 Å². The van der Waals surface area contributed by atoms with Crippen molar-refractivity contribution in [3.63, 3.8) is 0 Å². The Morgan fingerprint density at radius 2 is 2.09 bits per heavy atom. The van der Waals surface area contributed by atoms with Crippen molar-refractivity contribution in [2.75, 3.05) is 6.61 Å². The zero-order valence-corrected chi connectivity index (χ0v) is 12.9. The highest BCUT2D eigenvalue weighted by Crippen LogP contribution is 2.26. The lowest BCUT2D eigenvalue weighted by Crippen LogP contribution is -2.57. The zero-order chi connectivity index (χ0) is 16.3. The molecule has 6 nitrogen and oxygen atoms in total. The molecule has 2 rings (SSSR count). The van der Waals surface area contributed by atoms with Gasteiger partial charge in [-0.05, 0) is 32.4 Å². The molecule has 2 N–H and O–H groups in total. The smallest absolute Gasteiger partial charge is 0.366 e. The van der Waals surface area contributed by atoms with Gasteiger partial charge in [0, 0.05) is 17.3 Å². The first kappa shape index (κ1) is 16.0. The van der Waals surface area contributed by atoms with Crippen molar-refractivity contribution in [3.8, 4) is 0 Å². The zero-order valence-electron chi connectivity index (χ0n) is 12.9. The van der Waals surface area contributed by atoms with Crippen molar-refractivity contribution in [3.05, 3.63) is 47.2 Å². The molecule has 0 aromatic heterocycles. The van der Waals surface area contributed by atoms with Gasteiger partial charge in [-0.2, -0.15) is 0 Å². The summed E-state index contributed by atoms with van der Waals surface area (Å²) in [5.41, 5.74) is 2.51. The molecule has 1 heterocycles. The minimum Gasteiger partial charge on any atom is -0.462 e. The molecular weight excluding hydrogens is 284 g/mol. The molecule has 118 valence electrons. The predicted octanol–water partition coefficient (Wildman–Crippen LogP) is 1.50. The Balaban J connectivity index is 2.36. The molecule has 0 spiro atoms. The Labute approximate surface area is 129 Å². The lowest BCUT2D eigenvalue weighted by molar-refractivity contribution is -0.174. The number of ether oxygens (including phenoxy) is 1. The number of hydrazine groups is 1. The van der Waals surface area contributed by atoms with Crippen LogP contribution in [-0.2, 0) is 9.53 Å². The molecule has 1 aromatic carbocycles. The molecule has 0 fully saturated rings. The van der Waals surface area contributed by atoms with E-state index in [9.17, 15) is 14.7 Å². The molecule has 0 saturated heterocycles. The minimum atomic E-state index is -2.14. The van der Waals surface area contributed by atoms with Gasteiger partial charge in [0.1, 0.15) is 0 Å². The molecule has 0 radical (unpaired) electrons. The van der Waals surface area contributed by atoms with E-state index in [-0.39, 0.29) is 6.61 Å². The molecule has 6 heteroatoms. The van der Waals surface area contributed by atoms with Crippen molar-refractivity contribution in [1.82, 2.24) is 10.4 Å². The van der Waals surface area contributed by atoms with Crippen LogP contribution in [0.25, 0.3) is 0 Å². The number of carbonyl (C=O) groups excluding carboxylic acids is 2. The second kappa shape index (κ2) is 6.19. The number of esters is 1. The van der Waals surface area contributed by atoms with Crippen molar-refractivity contribution in [1.29, 1.82) is 0 Å². The number of amides is 1. The number of aliphatic hydroxyl groups is 1. The lowest BCUT2D eigenvalue weighted by Gasteiger charge is -2.30. The highest BCUT2D eigenvalue weighted by molar-refractivity contribution is 5.98. The summed E-state index contributed by atoms with van der Waals surface area (Å²) in [6.07, 6.45) is 1.86. The van der Waals surface area contributed by atoms with Crippen molar-refractivity contribution in [2.45, 2.75) is 32.9 Å². The maximum absolute atomic E-state index is 12.6. The molecule has 0 saturated carbocycles. The third-order valence-corrected chi connectivity index (χ3v) is 3.40. The number of nitrogens with zero attached hydrogens (tertiary/aromatic N) is 1. The van der Waals surface area contributed by atoms with Gasteiger partial charge < -0.3 is 9.84 Å². The summed E-state index contributed by atoms with van der Waals surface area (Å²) in [6, 6.07) is 6.93. The molecule has 0 bridgehead atoms. The molecule has 1 aromatic rings. The summed E-state index contributed by atoms with van der Waals surface area (Å²) in [7, 11) is 0. The fourth-order valence-electron chi connectivity index (χ4n) is 2.25. The van der Waals surface area contributed by atoms with E-state index >= 15 is 0 Å². The Morgan fingerprint density at radius 1 is 1.36 bits per heavy atom. The Hall–Kier alpha value is -2.34. The van der Waals surface area contributed by atoms with E-state index in [0.29, 0.717) is 17.7 Å². The van der Waals surface area contributed by atoms with E-state index in [1.54, 1.807) is 25.1 Å². The van der Waals surface area contributed by atoms with Crippen LogP contribution in [0.4, 0.5) is 0 Å². The quantitative estimate of drug-likeness (QED) is 0.824. The molecule has 1 atom stereocenters. The number of nitrogens with one attached hydrogen (secondary N) is 1. The highest BCUT2D eigenvalue weighted by atomic mass is 16.6. The summed E-state index contributed by atoms with van der Waals surface area (Å²) in [6.45, 7) is 5.47. The van der Waals surface area contributed by atoms with E-state index < -0.39 is 17.6 Å². The molecule has 1 unspecified atom stereocenters. The topological polar surface area (TPSA) is 78.9 Å². The van der Waals surface area contributed by atoms with Gasteiger partial charge >= 0.3 is 5.97 Å². The lowest BCUT2D eigenvalue weighted by atomic mass is 10.1. The fraction of sp³-hybridized carbons (Fsp3) is 0.375. The van der Waals surface area contributed by atoms with Crippen molar-refractivity contribution in [2.24, 2.45) is 0 Å². The predicted molar refractivity (Wildman–Crippen MR) is 80.4 cm³/mol. The van der Waals surface area contributed by atoms with Crippen LogP contribution in [-0.4, -0.2) is 34.3 Å². The number of rotatable bonds is 4. The Bertz CT molecular complexity index is 626. The highest BCUT2D eigenvalue weighted by Gasteiger charge is 2.49. The van der Waals surface area contributed by atoms with Gasteiger partial charge in [-0.25, -0.2) is 9.80 Å². The molecule has 22 heavy (non-hydrogen) atoms. The number of benzene rings is 1. The number of hydrogen-bond acceptors (Lipinski definition) is 5. The van der Waals surface area contributed by atoms with E-state index in [0.717, 1.165) is 10.6 Å². The van der Waals surface area contributed by atoms with Crippen molar-refractivity contribution < 1.29 is 19.4 Å². The summed E-state index contributed by atoms with van der Waals surface area (Å²) in [4.78, 5) is 24.7. The van der Waals surface area contributed by atoms with E-state index in [4.69, 9.17) is 4.74 Å². The summed E-state index contributed by atoms with van der Waals surface area (Å²) in [5, 5.41) is 11.6. The van der Waals surface area contributed by atoms with Crippen LogP contribution in [0.2, 0.25) is 0 Å². The van der Waals surface area contributed by atoms with Gasteiger partial charge in [0.15, 0.2) is 0 Å². The average molecular weight is 304 g/mol. The summed E-state index contributed by atoms with van der Waals surface area (Å²) >= 11 is 0. The second-order valence-electron chi connectivity index (χ2n) is 5.09. The molecular formula is C16H20N2O4. The summed E-state index contributed by atoms with van der Waals surface area (Å²) < 4.78 is 4.89. The van der Waals surface area contributed by atoms with Gasteiger partial charge in [0.05, 0.1) is 6.61 Å². The van der Waals surface area contributed by atoms with Crippen LogP contribution < -0.4 is 5.43 Å². The number of aryl methyl sites for hydroxylation is 1. The maximum Gasteiger partial charge on any atom is 0.366 e. The van der Waals surface area contributed by atoms with Gasteiger partial charge in [0.25, 0.3) is 11.6 Å². The van der Waals surface area contributed by atoms with Crippen molar-refractivity contribution >= 4 is 11.9 Å². The SMILES string of the molecule is CCOC(=O)C1(O)C=C(CC)NN1C(=O)c1cccc(C)c1. The normalized spacial score (nSPS) is 20.4. The van der Waals surface area contributed by atoms with Gasteiger partial charge in [-0.15, -0.1) is 0 Å². The monoisotopic (exact) mass is 304 g/mol. The standard InChI is InChI=1S/C16H20N2O4/c1-4-13-10-16(21,15(20)22-5-2)18(17-13)14(19)12-8-6-7-11(3)9-12/h6-10,17,21H,4-5H2,1-3H3.